The average Bonchev–Trinajstić information content (AvgIpc) is 3.42. The van der Waals surface area contributed by atoms with E-state index in [9.17, 15) is 9.18 Å². The molecular formula is C23H26FN3O. The summed E-state index contributed by atoms with van der Waals surface area (Å²) in [5.41, 5.74) is 4.74. The van der Waals surface area contributed by atoms with Crippen LogP contribution in [0.3, 0.4) is 0 Å². The van der Waals surface area contributed by atoms with Crippen molar-refractivity contribution in [2.45, 2.75) is 26.2 Å². The number of anilines is 1. The SMILES string of the molecule is Cc1[nH]c2ccc(NC(=O)c3ccc(F)cc3)cc2c1CCN(C)CC1CC1. The number of carbonyl (C=O) groups excluding carboxylic acids is 1. The van der Waals surface area contributed by atoms with Crippen LogP contribution >= 0.6 is 0 Å². The van der Waals surface area contributed by atoms with Gasteiger partial charge in [-0.05, 0) is 87.2 Å². The minimum atomic E-state index is -0.350. The molecule has 146 valence electrons. The van der Waals surface area contributed by atoms with E-state index in [1.54, 1.807) is 0 Å². The highest BCUT2D eigenvalue weighted by Crippen LogP contribution is 2.30. The van der Waals surface area contributed by atoms with Crippen LogP contribution in [0.25, 0.3) is 10.9 Å². The summed E-state index contributed by atoms with van der Waals surface area (Å²) in [7, 11) is 2.19. The molecule has 28 heavy (non-hydrogen) atoms. The molecule has 2 N–H and O–H groups in total. The molecular weight excluding hydrogens is 353 g/mol. The fourth-order valence-electron chi connectivity index (χ4n) is 3.72. The van der Waals surface area contributed by atoms with Crippen LogP contribution in [-0.4, -0.2) is 35.9 Å². The van der Waals surface area contributed by atoms with Gasteiger partial charge in [0.1, 0.15) is 5.82 Å². The number of hydrogen-bond acceptors (Lipinski definition) is 2. The number of aromatic amines is 1. The van der Waals surface area contributed by atoms with Crippen LogP contribution in [0.5, 0.6) is 0 Å². The molecule has 1 aliphatic carbocycles. The number of likely N-dealkylation sites (N-methyl/N-ethyl adjacent to an activating group) is 1. The molecule has 3 aromatic rings. The van der Waals surface area contributed by atoms with Gasteiger partial charge in [0.25, 0.3) is 5.91 Å². The maximum absolute atomic E-state index is 13.1. The van der Waals surface area contributed by atoms with Gasteiger partial charge in [-0.2, -0.15) is 0 Å². The number of amides is 1. The van der Waals surface area contributed by atoms with E-state index in [0.29, 0.717) is 5.56 Å². The monoisotopic (exact) mass is 379 g/mol. The van der Waals surface area contributed by atoms with Gasteiger partial charge in [0.2, 0.25) is 0 Å². The maximum Gasteiger partial charge on any atom is 0.255 e. The van der Waals surface area contributed by atoms with Gasteiger partial charge in [-0.1, -0.05) is 0 Å². The van der Waals surface area contributed by atoms with Crippen LogP contribution in [0.15, 0.2) is 42.5 Å². The number of benzene rings is 2. The summed E-state index contributed by atoms with van der Waals surface area (Å²) in [5.74, 6) is 0.303. The molecule has 1 amide bonds. The first-order chi connectivity index (χ1) is 13.5. The molecule has 0 radical (unpaired) electrons. The van der Waals surface area contributed by atoms with Gasteiger partial charge in [0, 0.05) is 40.9 Å². The predicted octanol–water partition coefficient (Wildman–Crippen LogP) is 4.75. The van der Waals surface area contributed by atoms with Crippen LogP contribution in [0, 0.1) is 18.7 Å². The largest absolute Gasteiger partial charge is 0.358 e. The van der Waals surface area contributed by atoms with Crippen molar-refractivity contribution in [3.8, 4) is 0 Å². The van der Waals surface area contributed by atoms with Crippen LogP contribution in [0.1, 0.15) is 34.5 Å². The quantitative estimate of drug-likeness (QED) is 0.622. The highest BCUT2D eigenvalue weighted by atomic mass is 19.1. The first kappa shape index (κ1) is 18.7. The summed E-state index contributed by atoms with van der Waals surface area (Å²) < 4.78 is 13.1. The van der Waals surface area contributed by atoms with Crippen LogP contribution in [0.4, 0.5) is 10.1 Å². The van der Waals surface area contributed by atoms with Gasteiger partial charge in [0.15, 0.2) is 0 Å². The van der Waals surface area contributed by atoms with Crippen molar-refractivity contribution in [1.82, 2.24) is 9.88 Å². The summed E-state index contributed by atoms with van der Waals surface area (Å²) in [6.45, 7) is 4.31. The van der Waals surface area contributed by atoms with Gasteiger partial charge in [-0.25, -0.2) is 4.39 Å². The Bertz CT molecular complexity index is 989. The van der Waals surface area contributed by atoms with Crippen molar-refractivity contribution >= 4 is 22.5 Å². The lowest BCUT2D eigenvalue weighted by Crippen LogP contribution is -2.23. The first-order valence-electron chi connectivity index (χ1n) is 9.86. The van der Waals surface area contributed by atoms with Crippen LogP contribution in [-0.2, 0) is 6.42 Å². The zero-order valence-corrected chi connectivity index (χ0v) is 16.4. The number of aryl methyl sites for hydroxylation is 1. The minimum absolute atomic E-state index is 0.239. The third-order valence-corrected chi connectivity index (χ3v) is 5.49. The summed E-state index contributed by atoms with van der Waals surface area (Å²) >= 11 is 0. The second kappa shape index (κ2) is 7.76. The Morgan fingerprint density at radius 2 is 1.96 bits per heavy atom. The molecule has 1 fully saturated rings. The Balaban J connectivity index is 1.50. The zero-order valence-electron chi connectivity index (χ0n) is 16.4. The van der Waals surface area contributed by atoms with E-state index in [1.165, 1.54) is 54.9 Å². The molecule has 0 spiro atoms. The number of fused-ring (bicyclic) bond motifs is 1. The van der Waals surface area contributed by atoms with Crippen LogP contribution < -0.4 is 5.32 Å². The van der Waals surface area contributed by atoms with Gasteiger partial charge >= 0.3 is 0 Å². The van der Waals surface area contributed by atoms with E-state index in [-0.39, 0.29) is 11.7 Å². The van der Waals surface area contributed by atoms with E-state index >= 15 is 0 Å². The molecule has 4 nitrogen and oxygen atoms in total. The van der Waals surface area contributed by atoms with Crippen LogP contribution in [0.2, 0.25) is 0 Å². The van der Waals surface area contributed by atoms with E-state index in [2.05, 4.69) is 29.2 Å². The molecule has 1 saturated carbocycles. The number of H-pyrrole nitrogens is 1. The van der Waals surface area contributed by atoms with Crippen molar-refractivity contribution in [2.24, 2.45) is 5.92 Å². The van der Waals surface area contributed by atoms with Gasteiger partial charge < -0.3 is 15.2 Å². The number of hydrogen-bond donors (Lipinski definition) is 2. The second-order valence-corrected chi connectivity index (χ2v) is 7.91. The molecule has 0 aliphatic heterocycles. The lowest BCUT2D eigenvalue weighted by molar-refractivity contribution is 0.102. The van der Waals surface area contributed by atoms with Crippen molar-refractivity contribution < 1.29 is 9.18 Å². The normalized spacial score (nSPS) is 14.0. The van der Waals surface area contributed by atoms with Crippen molar-refractivity contribution in [3.05, 3.63) is 65.1 Å². The second-order valence-electron chi connectivity index (χ2n) is 7.91. The topological polar surface area (TPSA) is 48.1 Å². The maximum atomic E-state index is 13.1. The smallest absolute Gasteiger partial charge is 0.255 e. The van der Waals surface area contributed by atoms with Gasteiger partial charge in [0.05, 0.1) is 0 Å². The third kappa shape index (κ3) is 4.25. The number of nitrogens with zero attached hydrogens (tertiary/aromatic N) is 1. The Hall–Kier alpha value is -2.66. The Morgan fingerprint density at radius 3 is 2.68 bits per heavy atom. The zero-order chi connectivity index (χ0) is 19.7. The Kier molecular flexibility index (Phi) is 5.18. The molecule has 0 unspecified atom stereocenters. The highest BCUT2D eigenvalue weighted by Gasteiger charge is 2.22. The van der Waals surface area contributed by atoms with E-state index in [1.807, 2.05) is 18.2 Å². The van der Waals surface area contributed by atoms with E-state index in [4.69, 9.17) is 0 Å². The number of halogens is 1. The molecule has 0 bridgehead atoms. The summed E-state index contributed by atoms with van der Waals surface area (Å²) in [4.78, 5) is 18.3. The number of carbonyl (C=O) groups is 1. The molecule has 0 atom stereocenters. The van der Waals surface area contributed by atoms with E-state index < -0.39 is 0 Å². The first-order valence-corrected chi connectivity index (χ1v) is 9.86. The molecule has 4 rings (SSSR count). The number of aromatic nitrogens is 1. The molecule has 2 aromatic carbocycles. The van der Waals surface area contributed by atoms with Gasteiger partial charge in [-0.3, -0.25) is 4.79 Å². The highest BCUT2D eigenvalue weighted by molar-refractivity contribution is 6.05. The standard InChI is InChI=1S/C23H26FN3O/c1-15-20(11-12-27(2)14-16-3-4-16)21-13-19(9-10-22(21)25-15)26-23(28)17-5-7-18(24)8-6-17/h5-10,13,16,25H,3-4,11-12,14H2,1-2H3,(H,26,28). The van der Waals surface area contributed by atoms with Crippen molar-refractivity contribution in [2.75, 3.05) is 25.5 Å². The summed E-state index contributed by atoms with van der Waals surface area (Å²) in [6, 6.07) is 11.5. The lowest BCUT2D eigenvalue weighted by Gasteiger charge is -2.16. The summed E-state index contributed by atoms with van der Waals surface area (Å²) in [6.07, 6.45) is 3.71. The third-order valence-electron chi connectivity index (χ3n) is 5.49. The number of rotatable bonds is 7. The average molecular weight is 379 g/mol. The molecule has 1 aliphatic rings. The summed E-state index contributed by atoms with van der Waals surface area (Å²) in [5, 5.41) is 4.07. The predicted molar refractivity (Wildman–Crippen MR) is 111 cm³/mol. The molecule has 0 saturated heterocycles. The lowest BCUT2D eigenvalue weighted by atomic mass is 10.1. The van der Waals surface area contributed by atoms with Gasteiger partial charge in [-0.15, -0.1) is 0 Å². The van der Waals surface area contributed by atoms with Crippen molar-refractivity contribution in [3.63, 3.8) is 0 Å². The molecule has 1 heterocycles. The molecule has 1 aromatic heterocycles. The van der Waals surface area contributed by atoms with Crippen molar-refractivity contribution in [1.29, 1.82) is 0 Å². The molecule has 5 heteroatoms. The minimum Gasteiger partial charge on any atom is -0.358 e. The van der Waals surface area contributed by atoms with E-state index in [0.717, 1.165) is 35.5 Å². The Labute approximate surface area is 164 Å². The fraction of sp³-hybridized carbons (Fsp3) is 0.348. The fourth-order valence-corrected chi connectivity index (χ4v) is 3.72. The Morgan fingerprint density at radius 1 is 1.21 bits per heavy atom. The number of nitrogens with one attached hydrogen (secondary N) is 2.